The number of anilines is 1. The van der Waals surface area contributed by atoms with Gasteiger partial charge in [-0.15, -0.1) is 0 Å². The molecule has 0 spiro atoms. The number of morpholine rings is 1. The van der Waals surface area contributed by atoms with E-state index in [0.717, 1.165) is 82.6 Å². The first-order chi connectivity index (χ1) is 22.0. The number of likely N-dealkylation sites (tertiary alicyclic amines) is 1. The molecule has 1 amide bonds. The van der Waals surface area contributed by atoms with Gasteiger partial charge in [-0.1, -0.05) is 0 Å². The van der Waals surface area contributed by atoms with Crippen molar-refractivity contribution in [3.8, 4) is 22.6 Å². The van der Waals surface area contributed by atoms with Gasteiger partial charge in [0.25, 0.3) is 5.91 Å². The zero-order valence-corrected chi connectivity index (χ0v) is 24.6. The predicted octanol–water partition coefficient (Wildman–Crippen LogP) is 4.15. The van der Waals surface area contributed by atoms with Crippen LogP contribution >= 0.6 is 0 Å². The van der Waals surface area contributed by atoms with Crippen LogP contribution in [0.4, 0.5) is 14.6 Å². The summed E-state index contributed by atoms with van der Waals surface area (Å²) in [6, 6.07) is 12.7. The molecule has 0 bridgehead atoms. The molecule has 13 heteroatoms. The number of benzene rings is 1. The molecule has 2 aliphatic rings. The summed E-state index contributed by atoms with van der Waals surface area (Å²) in [5.74, 6) is -1.28. The normalized spacial score (nSPS) is 16.8. The molecule has 7 rings (SSSR count). The predicted molar refractivity (Wildman–Crippen MR) is 164 cm³/mol. The summed E-state index contributed by atoms with van der Waals surface area (Å²) in [6.07, 6.45) is 6.64. The number of aromatic nitrogens is 6. The highest BCUT2D eigenvalue weighted by atomic mass is 19.1. The lowest BCUT2D eigenvalue weighted by Gasteiger charge is -2.35. The number of nitrogens with zero attached hydrogens (tertiary/aromatic N) is 8. The van der Waals surface area contributed by atoms with Crippen molar-refractivity contribution in [2.45, 2.75) is 18.9 Å². The highest BCUT2D eigenvalue weighted by Gasteiger charge is 2.26. The van der Waals surface area contributed by atoms with Crippen molar-refractivity contribution in [1.82, 2.24) is 38.9 Å². The molecule has 0 aliphatic carbocycles. The summed E-state index contributed by atoms with van der Waals surface area (Å²) >= 11 is 0. The van der Waals surface area contributed by atoms with E-state index in [2.05, 4.69) is 29.7 Å². The Balaban J connectivity index is 1.14. The van der Waals surface area contributed by atoms with Crippen LogP contribution in [0.3, 0.4) is 0 Å². The van der Waals surface area contributed by atoms with E-state index in [-0.39, 0.29) is 23.2 Å². The Hall–Kier alpha value is -4.59. The summed E-state index contributed by atoms with van der Waals surface area (Å²) < 4.78 is 36.6. The fourth-order valence-electron chi connectivity index (χ4n) is 6.04. The average Bonchev–Trinajstić information content (AvgIpc) is 3.69. The number of carbonyl (C=O) groups excluding carboxylic acids is 1. The van der Waals surface area contributed by atoms with Crippen molar-refractivity contribution in [2.75, 3.05) is 57.8 Å². The number of carbonyl (C=O) groups is 1. The quantitative estimate of drug-likeness (QED) is 0.260. The van der Waals surface area contributed by atoms with Crippen LogP contribution in [0, 0.1) is 11.8 Å². The smallest absolute Gasteiger partial charge is 0.257 e. The minimum absolute atomic E-state index is 0.133. The van der Waals surface area contributed by atoms with Gasteiger partial charge in [-0.25, -0.2) is 23.9 Å². The van der Waals surface area contributed by atoms with Crippen LogP contribution in [-0.4, -0.2) is 97.3 Å². The van der Waals surface area contributed by atoms with Crippen LogP contribution in [0.25, 0.3) is 28.3 Å². The molecule has 0 radical (unpaired) electrons. The van der Waals surface area contributed by atoms with Gasteiger partial charge >= 0.3 is 0 Å². The van der Waals surface area contributed by atoms with Crippen molar-refractivity contribution in [3.63, 3.8) is 0 Å². The van der Waals surface area contributed by atoms with Gasteiger partial charge in [0.05, 0.1) is 37.1 Å². The van der Waals surface area contributed by atoms with Crippen LogP contribution in [0.15, 0.2) is 67.3 Å². The lowest BCUT2D eigenvalue weighted by Crippen LogP contribution is -2.43. The van der Waals surface area contributed by atoms with E-state index in [9.17, 15) is 13.6 Å². The van der Waals surface area contributed by atoms with Gasteiger partial charge in [-0.3, -0.25) is 9.69 Å². The Labute approximate surface area is 258 Å². The highest BCUT2D eigenvalue weighted by molar-refractivity contribution is 6.03. The molecule has 2 aliphatic heterocycles. The number of hydrogen-bond acceptors (Lipinski definition) is 8. The molecular formula is C32H33F2N9O2. The number of hydrogen-bond donors (Lipinski definition) is 1. The maximum Gasteiger partial charge on any atom is 0.257 e. The van der Waals surface area contributed by atoms with Crippen LogP contribution in [0.5, 0.6) is 0 Å². The first-order valence-electron chi connectivity index (χ1n) is 15.1. The maximum atomic E-state index is 13.8. The third-order valence-corrected chi connectivity index (χ3v) is 8.49. The SMILES string of the molecule is O=C(Nc1cn2nc(-c3c(-c4ccc(F)cc4)ncn3C3CCN(CCN4CCOCC4)CC3)ccc2n1)c1ccnc(F)c1. The highest BCUT2D eigenvalue weighted by Crippen LogP contribution is 2.35. The Morgan fingerprint density at radius 2 is 1.69 bits per heavy atom. The van der Waals surface area contributed by atoms with E-state index in [4.69, 9.17) is 14.8 Å². The monoisotopic (exact) mass is 613 g/mol. The van der Waals surface area contributed by atoms with E-state index in [1.54, 1.807) is 22.8 Å². The van der Waals surface area contributed by atoms with Crippen LogP contribution in [0.1, 0.15) is 29.2 Å². The number of rotatable bonds is 8. The zero-order chi connectivity index (χ0) is 30.8. The second-order valence-corrected chi connectivity index (χ2v) is 11.4. The van der Waals surface area contributed by atoms with Crippen LogP contribution in [0.2, 0.25) is 0 Å². The first-order valence-corrected chi connectivity index (χ1v) is 15.1. The van der Waals surface area contributed by atoms with Gasteiger partial charge in [-0.05, 0) is 55.3 Å². The molecule has 6 heterocycles. The second kappa shape index (κ2) is 12.8. The van der Waals surface area contributed by atoms with Crippen molar-refractivity contribution in [1.29, 1.82) is 0 Å². The number of pyridine rings is 1. The van der Waals surface area contributed by atoms with E-state index in [1.165, 1.54) is 24.4 Å². The van der Waals surface area contributed by atoms with Gasteiger partial charge in [0.15, 0.2) is 11.5 Å². The number of amides is 1. The fraction of sp³-hybridized carbons (Fsp3) is 0.344. The molecule has 232 valence electrons. The number of imidazole rings is 2. The van der Waals surface area contributed by atoms with Gasteiger partial charge < -0.3 is 19.5 Å². The molecule has 1 aromatic carbocycles. The summed E-state index contributed by atoms with van der Waals surface area (Å²) in [5.41, 5.74) is 3.66. The number of halogens is 2. The fourth-order valence-corrected chi connectivity index (χ4v) is 6.04. The molecule has 0 unspecified atom stereocenters. The summed E-state index contributed by atoms with van der Waals surface area (Å²) in [7, 11) is 0. The number of piperidine rings is 1. The molecular weight excluding hydrogens is 580 g/mol. The lowest BCUT2D eigenvalue weighted by atomic mass is 10.0. The Morgan fingerprint density at radius 3 is 2.44 bits per heavy atom. The van der Waals surface area contributed by atoms with E-state index in [1.807, 2.05) is 18.5 Å². The number of nitrogens with one attached hydrogen (secondary N) is 1. The lowest BCUT2D eigenvalue weighted by molar-refractivity contribution is 0.0316. The molecule has 2 fully saturated rings. The minimum Gasteiger partial charge on any atom is -0.379 e. The second-order valence-electron chi connectivity index (χ2n) is 11.4. The Kier molecular flexibility index (Phi) is 8.29. The van der Waals surface area contributed by atoms with Gasteiger partial charge in [0.2, 0.25) is 5.95 Å². The summed E-state index contributed by atoms with van der Waals surface area (Å²) in [5, 5.41) is 7.56. The van der Waals surface area contributed by atoms with Gasteiger partial charge in [0, 0.05) is 68.7 Å². The van der Waals surface area contributed by atoms with Gasteiger partial charge in [0.1, 0.15) is 11.5 Å². The largest absolute Gasteiger partial charge is 0.379 e. The molecule has 0 saturated carbocycles. The van der Waals surface area contributed by atoms with E-state index < -0.39 is 11.9 Å². The third kappa shape index (κ3) is 6.46. The Morgan fingerprint density at radius 1 is 0.933 bits per heavy atom. The average molecular weight is 614 g/mol. The molecule has 2 saturated heterocycles. The molecule has 45 heavy (non-hydrogen) atoms. The molecule has 4 aromatic heterocycles. The molecule has 0 atom stereocenters. The maximum absolute atomic E-state index is 13.8. The Bertz CT molecular complexity index is 1790. The zero-order valence-electron chi connectivity index (χ0n) is 24.6. The number of fused-ring (bicyclic) bond motifs is 1. The number of ether oxygens (including phenoxy) is 1. The summed E-state index contributed by atoms with van der Waals surface area (Å²) in [4.78, 5) is 30.4. The summed E-state index contributed by atoms with van der Waals surface area (Å²) in [6.45, 7) is 7.66. The third-order valence-electron chi connectivity index (χ3n) is 8.49. The van der Waals surface area contributed by atoms with E-state index in [0.29, 0.717) is 17.0 Å². The van der Waals surface area contributed by atoms with Crippen molar-refractivity contribution in [3.05, 3.63) is 84.6 Å². The first kappa shape index (κ1) is 29.1. The van der Waals surface area contributed by atoms with Crippen LogP contribution in [-0.2, 0) is 4.74 Å². The van der Waals surface area contributed by atoms with Gasteiger partial charge in [-0.2, -0.15) is 9.49 Å². The van der Waals surface area contributed by atoms with Crippen molar-refractivity contribution < 1.29 is 18.3 Å². The molecule has 5 aromatic rings. The van der Waals surface area contributed by atoms with E-state index >= 15 is 0 Å². The van der Waals surface area contributed by atoms with Crippen molar-refractivity contribution >= 4 is 17.4 Å². The topological polar surface area (TPSA) is 106 Å². The molecule has 11 nitrogen and oxygen atoms in total. The standard InChI is InChI=1S/C32H33F2N9O2/c33-24-3-1-22(2-4-24)30-31(42(21-36-30)25-8-11-40(12-9-25)13-14-41-15-17-45-18-16-41)26-5-6-29-37-28(20-43(29)39-26)38-32(44)23-7-10-35-27(34)19-23/h1-7,10,19-21,25H,8-9,11-18H2,(H,38,44). The minimum atomic E-state index is -0.740. The molecule has 1 N–H and O–H groups in total. The van der Waals surface area contributed by atoms with Crippen LogP contribution < -0.4 is 5.32 Å². The van der Waals surface area contributed by atoms with Crippen molar-refractivity contribution in [2.24, 2.45) is 0 Å².